The highest BCUT2D eigenvalue weighted by molar-refractivity contribution is 8.15. The van der Waals surface area contributed by atoms with E-state index in [2.05, 4.69) is 25.6 Å². The van der Waals surface area contributed by atoms with Gasteiger partial charge in [0.2, 0.25) is 17.7 Å². The summed E-state index contributed by atoms with van der Waals surface area (Å²) < 4.78 is 0. The van der Waals surface area contributed by atoms with Gasteiger partial charge in [0.25, 0.3) is 5.56 Å². The number of nitrogens with one attached hydrogen (secondary N) is 4. The van der Waals surface area contributed by atoms with Crippen LogP contribution < -0.4 is 26.8 Å². The Morgan fingerprint density at radius 3 is 2.31 bits per heavy atom. The maximum atomic E-state index is 12.6. The quantitative estimate of drug-likeness (QED) is 0.238. The van der Waals surface area contributed by atoms with Gasteiger partial charge in [-0.15, -0.1) is 0 Å². The number of rotatable bonds is 8. The first kappa shape index (κ1) is 27.2. The summed E-state index contributed by atoms with van der Waals surface area (Å²) in [7, 11) is 3.72. The van der Waals surface area contributed by atoms with Crippen LogP contribution in [0.15, 0.2) is 63.1 Å². The van der Waals surface area contributed by atoms with Gasteiger partial charge in [-0.05, 0) is 42.0 Å². The van der Waals surface area contributed by atoms with Gasteiger partial charge in [0.15, 0.2) is 5.17 Å². The molecule has 0 radical (unpaired) electrons. The van der Waals surface area contributed by atoms with E-state index in [4.69, 9.17) is 5.11 Å². The molecule has 1 aliphatic heterocycles. The minimum atomic E-state index is -1.09. The Bertz CT molecular complexity index is 1560. The number of anilines is 2. The van der Waals surface area contributed by atoms with Crippen molar-refractivity contribution in [3.05, 3.63) is 86.1 Å². The molecule has 4 rings (SSSR count). The number of amides is 2. The number of carbonyl (C=O) groups excluding carboxylic acids is 2. The monoisotopic (exact) mass is 552 g/mol. The summed E-state index contributed by atoms with van der Waals surface area (Å²) in [6.07, 6.45) is -0.205. The number of H-pyrrole nitrogens is 2. The molecule has 1 aliphatic rings. The Hall–Kier alpha value is -4.85. The number of aromatic hydroxyl groups is 1. The molecule has 1 saturated heterocycles. The van der Waals surface area contributed by atoms with Crippen LogP contribution in [0.25, 0.3) is 0 Å². The van der Waals surface area contributed by atoms with Crippen LogP contribution in [0, 0.1) is 0 Å². The predicted molar refractivity (Wildman–Crippen MR) is 146 cm³/mol. The molecule has 14 heteroatoms. The molecule has 3 aromatic rings. The number of aromatic carboxylic acids is 1. The Labute approximate surface area is 225 Å². The number of nitrogens with zero attached hydrogens (tertiary/aromatic N) is 2. The minimum Gasteiger partial charge on any atom is -0.494 e. The smallest absolute Gasteiger partial charge is 0.335 e. The van der Waals surface area contributed by atoms with Gasteiger partial charge < -0.3 is 25.7 Å². The summed E-state index contributed by atoms with van der Waals surface area (Å²) in [6.45, 7) is 0. The lowest BCUT2D eigenvalue weighted by Crippen LogP contribution is -2.29. The van der Waals surface area contributed by atoms with Gasteiger partial charge in [-0.25, -0.2) is 14.6 Å². The molecule has 0 bridgehead atoms. The molecule has 6 N–H and O–H groups in total. The van der Waals surface area contributed by atoms with Crippen molar-refractivity contribution < 1.29 is 24.6 Å². The number of aromatic nitrogens is 2. The molecule has 2 aromatic carbocycles. The fourth-order valence-electron chi connectivity index (χ4n) is 3.79. The largest absolute Gasteiger partial charge is 0.494 e. The van der Waals surface area contributed by atoms with Crippen molar-refractivity contribution in [1.82, 2.24) is 15.3 Å². The summed E-state index contributed by atoms with van der Waals surface area (Å²) in [6, 6.07) is 11.5. The third-order valence-electron chi connectivity index (χ3n) is 5.77. The number of benzene rings is 2. The van der Waals surface area contributed by atoms with Crippen molar-refractivity contribution >= 4 is 46.1 Å². The van der Waals surface area contributed by atoms with Gasteiger partial charge in [0.1, 0.15) is 16.9 Å². The standard InChI is InChI=1S/C25H24N6O7S/c1-31(2)15-9-5-12(6-10-15)19(18-21(34)28-24(38)29-22(18)35)27-25-30-20(33)16(39-25)11-17(32)26-14-7-3-13(4-8-14)23(36)37/h3-10,16,19H,11H2,1-2H3,(H,26,32)(H,36,37)(H,27,30,33)(H3,28,29,34,35,38)/t16-,19+/m1/s1. The Morgan fingerprint density at radius 1 is 1.05 bits per heavy atom. The molecule has 0 spiro atoms. The first-order chi connectivity index (χ1) is 18.5. The number of hydrogen-bond donors (Lipinski definition) is 6. The first-order valence-corrected chi connectivity index (χ1v) is 12.4. The molecule has 2 atom stereocenters. The minimum absolute atomic E-state index is 0.0675. The average molecular weight is 553 g/mol. The number of thioether (sulfide) groups is 1. The molecule has 2 amide bonds. The Balaban J connectivity index is 1.57. The normalized spacial score (nSPS) is 16.5. The lowest BCUT2D eigenvalue weighted by molar-refractivity contribution is -0.122. The Kier molecular flexibility index (Phi) is 7.85. The summed E-state index contributed by atoms with van der Waals surface area (Å²) in [5, 5.41) is 23.9. The second-order valence-electron chi connectivity index (χ2n) is 8.72. The van der Waals surface area contributed by atoms with Crippen molar-refractivity contribution in [2.75, 3.05) is 24.3 Å². The van der Waals surface area contributed by atoms with E-state index in [1.807, 2.05) is 19.0 Å². The van der Waals surface area contributed by atoms with E-state index in [0.717, 1.165) is 17.4 Å². The number of carbonyl (C=O) groups is 3. The fraction of sp³-hybridized carbons (Fsp3) is 0.200. The van der Waals surface area contributed by atoms with Gasteiger partial charge in [0, 0.05) is 31.9 Å². The highest BCUT2D eigenvalue weighted by Gasteiger charge is 2.34. The number of carboxylic acid groups (broad SMARTS) is 1. The van der Waals surface area contributed by atoms with Crippen LogP contribution in [0.2, 0.25) is 0 Å². The van der Waals surface area contributed by atoms with E-state index >= 15 is 0 Å². The van der Waals surface area contributed by atoms with Crippen molar-refractivity contribution in [2.24, 2.45) is 4.99 Å². The van der Waals surface area contributed by atoms with Crippen LogP contribution in [-0.4, -0.2) is 62.5 Å². The highest BCUT2D eigenvalue weighted by Crippen LogP contribution is 2.32. The molecular formula is C25H24N6O7S. The van der Waals surface area contributed by atoms with E-state index in [9.17, 15) is 29.1 Å². The number of amidine groups is 1. The second kappa shape index (κ2) is 11.3. The summed E-state index contributed by atoms with van der Waals surface area (Å²) in [5.74, 6) is -2.70. The Morgan fingerprint density at radius 2 is 1.72 bits per heavy atom. The maximum absolute atomic E-state index is 12.6. The van der Waals surface area contributed by atoms with Crippen LogP contribution >= 0.6 is 11.8 Å². The van der Waals surface area contributed by atoms with E-state index in [1.165, 1.54) is 24.3 Å². The molecule has 1 fully saturated rings. The third-order valence-corrected chi connectivity index (χ3v) is 6.86. The van der Waals surface area contributed by atoms with Crippen molar-refractivity contribution in [1.29, 1.82) is 0 Å². The average Bonchev–Trinajstić information content (AvgIpc) is 3.21. The molecule has 1 aromatic heterocycles. The number of aliphatic imine (C=N–C) groups is 1. The van der Waals surface area contributed by atoms with E-state index in [1.54, 1.807) is 24.3 Å². The zero-order chi connectivity index (χ0) is 28.3. The molecule has 202 valence electrons. The van der Waals surface area contributed by atoms with E-state index in [0.29, 0.717) is 11.3 Å². The molecule has 0 unspecified atom stereocenters. The van der Waals surface area contributed by atoms with Crippen LogP contribution in [0.5, 0.6) is 5.88 Å². The van der Waals surface area contributed by atoms with Gasteiger partial charge in [-0.2, -0.15) is 0 Å². The van der Waals surface area contributed by atoms with Gasteiger partial charge in [0.05, 0.1) is 5.56 Å². The molecule has 39 heavy (non-hydrogen) atoms. The number of aromatic amines is 2. The highest BCUT2D eigenvalue weighted by atomic mass is 32.2. The van der Waals surface area contributed by atoms with Crippen LogP contribution in [-0.2, 0) is 9.59 Å². The lowest BCUT2D eigenvalue weighted by atomic mass is 10.0. The number of carboxylic acids is 1. The molecule has 2 heterocycles. The maximum Gasteiger partial charge on any atom is 0.335 e. The van der Waals surface area contributed by atoms with Crippen molar-refractivity contribution in [3.63, 3.8) is 0 Å². The predicted octanol–water partition coefficient (Wildman–Crippen LogP) is 1.24. The molecule has 0 saturated carbocycles. The van der Waals surface area contributed by atoms with Gasteiger partial charge in [-0.3, -0.25) is 24.4 Å². The van der Waals surface area contributed by atoms with Crippen LogP contribution in [0.4, 0.5) is 11.4 Å². The SMILES string of the molecule is CN(C)c1ccc([C@H](N=C2NC(=O)[C@@H](CC(=O)Nc3ccc(C(=O)O)cc3)S2)c2c(O)[nH]c(=O)[nH]c2=O)cc1. The topological polar surface area (TPSA) is 197 Å². The summed E-state index contributed by atoms with van der Waals surface area (Å²) in [5.41, 5.74) is -0.141. The van der Waals surface area contributed by atoms with E-state index < -0.39 is 46.2 Å². The van der Waals surface area contributed by atoms with Gasteiger partial charge in [-0.1, -0.05) is 23.9 Å². The summed E-state index contributed by atoms with van der Waals surface area (Å²) in [4.78, 5) is 71.0. The zero-order valence-corrected chi connectivity index (χ0v) is 21.5. The first-order valence-electron chi connectivity index (χ1n) is 11.5. The van der Waals surface area contributed by atoms with Crippen LogP contribution in [0.1, 0.15) is 33.9 Å². The molecular weight excluding hydrogens is 528 g/mol. The van der Waals surface area contributed by atoms with Gasteiger partial charge >= 0.3 is 11.7 Å². The van der Waals surface area contributed by atoms with Crippen molar-refractivity contribution in [3.8, 4) is 5.88 Å². The number of hydrogen-bond acceptors (Lipinski definition) is 9. The zero-order valence-electron chi connectivity index (χ0n) is 20.7. The fourth-order valence-corrected chi connectivity index (χ4v) is 4.79. The van der Waals surface area contributed by atoms with E-state index in [-0.39, 0.29) is 22.7 Å². The molecule has 0 aliphatic carbocycles. The second-order valence-corrected chi connectivity index (χ2v) is 9.92. The van der Waals surface area contributed by atoms with Crippen LogP contribution in [0.3, 0.4) is 0 Å². The third kappa shape index (κ3) is 6.35. The lowest BCUT2D eigenvalue weighted by Gasteiger charge is -2.17. The summed E-state index contributed by atoms with van der Waals surface area (Å²) >= 11 is 0.981. The molecule has 13 nitrogen and oxygen atoms in total. The van der Waals surface area contributed by atoms with Crippen molar-refractivity contribution in [2.45, 2.75) is 17.7 Å².